The fraction of sp³-hybridized carbons (Fsp3) is 0.308. The zero-order valence-electron chi connectivity index (χ0n) is 10.5. The van der Waals surface area contributed by atoms with Crippen LogP contribution in [0.3, 0.4) is 0 Å². The number of carbonyl (C=O) groups excluding carboxylic acids is 1. The van der Waals surface area contributed by atoms with E-state index in [0.29, 0.717) is 10.0 Å². The van der Waals surface area contributed by atoms with E-state index < -0.39 is 5.60 Å². The highest BCUT2D eigenvalue weighted by Crippen LogP contribution is 2.23. The summed E-state index contributed by atoms with van der Waals surface area (Å²) >= 11 is 11.6. The Morgan fingerprint density at radius 3 is 2.50 bits per heavy atom. The Morgan fingerprint density at radius 2 is 1.94 bits per heavy atom. The van der Waals surface area contributed by atoms with E-state index in [1.165, 1.54) is 6.08 Å². The second-order valence-corrected chi connectivity index (χ2v) is 5.50. The minimum atomic E-state index is -0.424. The Kier molecular flexibility index (Phi) is 5.20. The molecule has 18 heavy (non-hydrogen) atoms. The summed E-state index contributed by atoms with van der Waals surface area (Å²) in [5.74, 6) is -0.337. The Hall–Kier alpha value is -1.03. The van der Waals surface area contributed by atoms with Crippen LogP contribution >= 0.6 is 23.2 Å². The maximum absolute atomic E-state index is 11.4. The van der Waals surface area contributed by atoms with Crippen LogP contribution in [0.15, 0.2) is 24.3 Å². The fourth-order valence-electron chi connectivity index (χ4n) is 1.03. The number of hydrogen-bond donors (Lipinski definition) is 1. The summed E-state index contributed by atoms with van der Waals surface area (Å²) in [7, 11) is 0. The predicted octanol–water partition coefficient (Wildman–Crippen LogP) is 3.85. The van der Waals surface area contributed by atoms with E-state index in [4.69, 9.17) is 28.0 Å². The number of benzene rings is 1. The zero-order valence-corrected chi connectivity index (χ0v) is 12.0. The summed E-state index contributed by atoms with van der Waals surface area (Å²) in [6.07, 6.45) is 2.99. The van der Waals surface area contributed by atoms with Crippen molar-refractivity contribution in [1.29, 1.82) is 0 Å². The van der Waals surface area contributed by atoms with Crippen LogP contribution in [-0.4, -0.2) is 11.5 Å². The van der Waals surface area contributed by atoms with Crippen molar-refractivity contribution in [3.05, 3.63) is 39.9 Å². The number of rotatable bonds is 3. The molecule has 0 fully saturated rings. The molecule has 0 unspecified atom stereocenters. The van der Waals surface area contributed by atoms with Gasteiger partial charge in [0.2, 0.25) is 0 Å². The van der Waals surface area contributed by atoms with Crippen molar-refractivity contribution < 1.29 is 9.63 Å². The fourth-order valence-corrected chi connectivity index (χ4v) is 1.33. The van der Waals surface area contributed by atoms with Gasteiger partial charge in [0.15, 0.2) is 0 Å². The van der Waals surface area contributed by atoms with Crippen LogP contribution in [0, 0.1) is 0 Å². The average Bonchev–Trinajstić information content (AvgIpc) is 2.27. The van der Waals surface area contributed by atoms with Crippen molar-refractivity contribution >= 4 is 35.2 Å². The van der Waals surface area contributed by atoms with Crippen LogP contribution in [0.25, 0.3) is 6.08 Å². The third-order valence-corrected chi connectivity index (χ3v) is 2.57. The lowest BCUT2D eigenvalue weighted by molar-refractivity contribution is -0.140. The maximum atomic E-state index is 11.4. The first-order chi connectivity index (χ1) is 8.28. The highest BCUT2D eigenvalue weighted by atomic mass is 35.5. The van der Waals surface area contributed by atoms with E-state index in [9.17, 15) is 4.79 Å². The standard InChI is InChI=1S/C13H15Cl2NO2/c1-13(2,3)18-16-12(17)7-5-9-4-6-10(14)11(15)8-9/h4-8H,1-3H3,(H,16,17)/b7-5+. The molecule has 0 radical (unpaired) electrons. The first-order valence-corrected chi connectivity index (χ1v) is 6.14. The molecule has 3 nitrogen and oxygen atoms in total. The zero-order chi connectivity index (χ0) is 13.8. The van der Waals surface area contributed by atoms with E-state index in [-0.39, 0.29) is 5.91 Å². The van der Waals surface area contributed by atoms with E-state index in [1.807, 2.05) is 20.8 Å². The van der Waals surface area contributed by atoms with Gasteiger partial charge in [-0.2, -0.15) is 0 Å². The maximum Gasteiger partial charge on any atom is 0.267 e. The van der Waals surface area contributed by atoms with Gasteiger partial charge in [-0.25, -0.2) is 5.48 Å². The van der Waals surface area contributed by atoms with E-state index in [2.05, 4.69) is 5.48 Å². The lowest BCUT2D eigenvalue weighted by atomic mass is 10.2. The van der Waals surface area contributed by atoms with Gasteiger partial charge in [0.05, 0.1) is 15.6 Å². The van der Waals surface area contributed by atoms with Crippen LogP contribution < -0.4 is 5.48 Å². The molecule has 5 heteroatoms. The van der Waals surface area contributed by atoms with Gasteiger partial charge in [-0.3, -0.25) is 9.63 Å². The van der Waals surface area contributed by atoms with Gasteiger partial charge in [0.1, 0.15) is 0 Å². The molecule has 1 aromatic rings. The molecule has 1 rings (SSSR count). The largest absolute Gasteiger partial charge is 0.268 e. The summed E-state index contributed by atoms with van der Waals surface area (Å²) in [6, 6.07) is 5.12. The first kappa shape index (κ1) is 15.0. The number of nitrogens with one attached hydrogen (secondary N) is 1. The first-order valence-electron chi connectivity index (χ1n) is 5.39. The van der Waals surface area contributed by atoms with Gasteiger partial charge < -0.3 is 0 Å². The van der Waals surface area contributed by atoms with Gasteiger partial charge in [0.25, 0.3) is 5.91 Å². The third kappa shape index (κ3) is 5.54. The number of hydrogen-bond acceptors (Lipinski definition) is 2. The molecule has 1 aromatic carbocycles. The lowest BCUT2D eigenvalue weighted by Crippen LogP contribution is -2.32. The highest BCUT2D eigenvalue weighted by Gasteiger charge is 2.11. The van der Waals surface area contributed by atoms with E-state index in [1.54, 1.807) is 24.3 Å². The average molecular weight is 288 g/mol. The van der Waals surface area contributed by atoms with Gasteiger partial charge in [0, 0.05) is 6.08 Å². The van der Waals surface area contributed by atoms with Crippen LogP contribution in [0.4, 0.5) is 0 Å². The molecule has 0 saturated carbocycles. The molecular weight excluding hydrogens is 273 g/mol. The van der Waals surface area contributed by atoms with Crippen LogP contribution in [0.1, 0.15) is 26.3 Å². The van der Waals surface area contributed by atoms with Crippen LogP contribution in [0.2, 0.25) is 10.0 Å². The van der Waals surface area contributed by atoms with E-state index in [0.717, 1.165) is 5.56 Å². The molecule has 0 aliphatic rings. The minimum Gasteiger partial charge on any atom is -0.268 e. The molecule has 0 bridgehead atoms. The molecule has 1 N–H and O–H groups in total. The normalized spacial score (nSPS) is 11.8. The number of amides is 1. The van der Waals surface area contributed by atoms with Crippen molar-refractivity contribution in [3.63, 3.8) is 0 Å². The van der Waals surface area contributed by atoms with Crippen LogP contribution in [0.5, 0.6) is 0 Å². The summed E-state index contributed by atoms with van der Waals surface area (Å²) in [6.45, 7) is 5.53. The summed E-state index contributed by atoms with van der Waals surface area (Å²) in [5, 5.41) is 0.930. The molecule has 0 saturated heterocycles. The number of hydroxylamine groups is 1. The minimum absolute atomic E-state index is 0.337. The molecule has 0 aromatic heterocycles. The molecule has 0 aliphatic heterocycles. The number of carbonyl (C=O) groups is 1. The second kappa shape index (κ2) is 6.23. The SMILES string of the molecule is CC(C)(C)ONC(=O)/C=C/c1ccc(Cl)c(Cl)c1. The van der Waals surface area contributed by atoms with Gasteiger partial charge in [-0.15, -0.1) is 0 Å². The Bertz CT molecular complexity index is 465. The Balaban J connectivity index is 2.58. The number of halogens is 2. The molecular formula is C13H15Cl2NO2. The smallest absolute Gasteiger partial charge is 0.267 e. The van der Waals surface area contributed by atoms with E-state index >= 15 is 0 Å². The second-order valence-electron chi connectivity index (χ2n) is 4.69. The Morgan fingerprint density at radius 1 is 1.28 bits per heavy atom. The van der Waals surface area contributed by atoms with Crippen molar-refractivity contribution in [1.82, 2.24) is 5.48 Å². The molecule has 98 valence electrons. The molecule has 0 atom stereocenters. The quantitative estimate of drug-likeness (QED) is 0.677. The van der Waals surface area contributed by atoms with Crippen molar-refractivity contribution in [2.45, 2.75) is 26.4 Å². The highest BCUT2D eigenvalue weighted by molar-refractivity contribution is 6.42. The van der Waals surface area contributed by atoms with Crippen molar-refractivity contribution in [3.8, 4) is 0 Å². The summed E-state index contributed by atoms with van der Waals surface area (Å²) < 4.78 is 0. The molecule has 1 amide bonds. The van der Waals surface area contributed by atoms with Gasteiger partial charge in [-0.05, 0) is 44.5 Å². The summed E-state index contributed by atoms with van der Waals surface area (Å²) in [4.78, 5) is 16.6. The van der Waals surface area contributed by atoms with Gasteiger partial charge in [-0.1, -0.05) is 29.3 Å². The Labute approximate surface area is 117 Å². The van der Waals surface area contributed by atoms with Crippen LogP contribution in [-0.2, 0) is 9.63 Å². The summed E-state index contributed by atoms with van der Waals surface area (Å²) in [5.41, 5.74) is 2.70. The van der Waals surface area contributed by atoms with Crippen molar-refractivity contribution in [2.75, 3.05) is 0 Å². The topological polar surface area (TPSA) is 38.3 Å². The third-order valence-electron chi connectivity index (χ3n) is 1.83. The lowest BCUT2D eigenvalue weighted by Gasteiger charge is -2.17. The van der Waals surface area contributed by atoms with Crippen molar-refractivity contribution in [2.24, 2.45) is 0 Å². The molecule has 0 heterocycles. The van der Waals surface area contributed by atoms with Gasteiger partial charge >= 0.3 is 0 Å². The monoisotopic (exact) mass is 287 g/mol. The molecule has 0 aliphatic carbocycles. The predicted molar refractivity (Wildman–Crippen MR) is 74.5 cm³/mol. The molecule has 0 spiro atoms.